The van der Waals surface area contributed by atoms with E-state index in [1.165, 1.54) is 7.11 Å². The number of methoxy groups -OCH3 is 1. The molecule has 4 rings (SSSR count). The Labute approximate surface area is 180 Å². The maximum absolute atomic E-state index is 13.1. The number of Topliss-reactive ketones (excluding diaryl/α,β-unsaturated/α-hetero) is 1. The minimum atomic E-state index is -0.952. The van der Waals surface area contributed by atoms with Crippen LogP contribution < -0.4 is 4.74 Å². The van der Waals surface area contributed by atoms with Crippen LogP contribution in [-0.2, 0) is 4.74 Å². The van der Waals surface area contributed by atoms with Gasteiger partial charge in [0.1, 0.15) is 5.75 Å². The van der Waals surface area contributed by atoms with Crippen LogP contribution in [0, 0.1) is 0 Å². The molecule has 5 heteroatoms. The summed E-state index contributed by atoms with van der Waals surface area (Å²) in [7, 11) is 1.53. The third kappa shape index (κ3) is 4.31. The SMILES string of the molecule is COc1cccc(C(=O)[C@H](C)OC(=O)c2cc(-c3ccccc3)nc3ccccc23)c1. The second kappa shape index (κ2) is 8.79. The van der Waals surface area contributed by atoms with Gasteiger partial charge in [-0.15, -0.1) is 0 Å². The summed E-state index contributed by atoms with van der Waals surface area (Å²) in [5.74, 6) is -0.301. The van der Waals surface area contributed by atoms with E-state index in [9.17, 15) is 9.59 Å². The number of pyridine rings is 1. The molecule has 0 aliphatic heterocycles. The van der Waals surface area contributed by atoms with E-state index in [1.807, 2.05) is 54.6 Å². The molecule has 31 heavy (non-hydrogen) atoms. The van der Waals surface area contributed by atoms with Crippen LogP contribution in [0.1, 0.15) is 27.6 Å². The van der Waals surface area contributed by atoms with E-state index in [-0.39, 0.29) is 5.78 Å². The van der Waals surface area contributed by atoms with Crippen molar-refractivity contribution in [3.63, 3.8) is 0 Å². The van der Waals surface area contributed by atoms with E-state index in [0.717, 1.165) is 5.56 Å². The number of carbonyl (C=O) groups excluding carboxylic acids is 2. The zero-order valence-corrected chi connectivity index (χ0v) is 17.2. The van der Waals surface area contributed by atoms with Crippen LogP contribution in [0.3, 0.4) is 0 Å². The molecule has 0 aliphatic carbocycles. The quantitative estimate of drug-likeness (QED) is 0.317. The third-order valence-electron chi connectivity index (χ3n) is 5.01. The van der Waals surface area contributed by atoms with Crippen molar-refractivity contribution in [1.82, 2.24) is 4.98 Å². The maximum atomic E-state index is 13.1. The number of rotatable bonds is 6. The average Bonchev–Trinajstić information content (AvgIpc) is 2.83. The van der Waals surface area contributed by atoms with E-state index in [0.29, 0.717) is 33.5 Å². The largest absolute Gasteiger partial charge is 0.497 e. The van der Waals surface area contributed by atoms with Crippen LogP contribution in [0.2, 0.25) is 0 Å². The van der Waals surface area contributed by atoms with Gasteiger partial charge in [0.15, 0.2) is 6.10 Å². The van der Waals surface area contributed by atoms with Crippen LogP contribution in [0.25, 0.3) is 22.2 Å². The minimum Gasteiger partial charge on any atom is -0.497 e. The molecular weight excluding hydrogens is 390 g/mol. The topological polar surface area (TPSA) is 65.5 Å². The van der Waals surface area contributed by atoms with Crippen molar-refractivity contribution in [3.05, 3.63) is 96.1 Å². The number of hydrogen-bond donors (Lipinski definition) is 0. The van der Waals surface area contributed by atoms with Crippen molar-refractivity contribution in [2.75, 3.05) is 7.11 Å². The van der Waals surface area contributed by atoms with Gasteiger partial charge in [0, 0.05) is 16.5 Å². The van der Waals surface area contributed by atoms with Crippen LogP contribution >= 0.6 is 0 Å². The predicted molar refractivity (Wildman–Crippen MR) is 119 cm³/mol. The van der Waals surface area contributed by atoms with E-state index in [4.69, 9.17) is 9.47 Å². The van der Waals surface area contributed by atoms with Crippen molar-refractivity contribution >= 4 is 22.7 Å². The van der Waals surface area contributed by atoms with Gasteiger partial charge in [0.05, 0.1) is 23.9 Å². The summed E-state index contributed by atoms with van der Waals surface area (Å²) in [6.07, 6.45) is -0.952. The van der Waals surface area contributed by atoms with Gasteiger partial charge < -0.3 is 9.47 Å². The molecule has 0 aliphatic rings. The highest BCUT2D eigenvalue weighted by Gasteiger charge is 2.23. The second-order valence-electron chi connectivity index (χ2n) is 7.08. The second-order valence-corrected chi connectivity index (χ2v) is 7.08. The zero-order chi connectivity index (χ0) is 21.8. The van der Waals surface area contributed by atoms with Crippen LogP contribution in [0.5, 0.6) is 5.75 Å². The number of nitrogens with zero attached hydrogens (tertiary/aromatic N) is 1. The van der Waals surface area contributed by atoms with Gasteiger partial charge in [0.25, 0.3) is 0 Å². The number of benzene rings is 3. The monoisotopic (exact) mass is 411 g/mol. The highest BCUT2D eigenvalue weighted by molar-refractivity contribution is 6.06. The zero-order valence-electron chi connectivity index (χ0n) is 17.2. The van der Waals surface area contributed by atoms with Gasteiger partial charge in [0.2, 0.25) is 5.78 Å². The summed E-state index contributed by atoms with van der Waals surface area (Å²) in [5, 5.41) is 0.674. The smallest absolute Gasteiger partial charge is 0.339 e. The maximum Gasteiger partial charge on any atom is 0.339 e. The number of esters is 1. The molecule has 1 aromatic heterocycles. The molecule has 4 aromatic rings. The summed E-state index contributed by atoms with van der Waals surface area (Å²) < 4.78 is 10.7. The normalized spacial score (nSPS) is 11.7. The number of para-hydroxylation sites is 1. The Balaban J connectivity index is 1.66. The van der Waals surface area contributed by atoms with E-state index >= 15 is 0 Å². The molecule has 0 fully saturated rings. The number of fused-ring (bicyclic) bond motifs is 1. The van der Waals surface area contributed by atoms with Crippen LogP contribution in [0.15, 0.2) is 84.9 Å². The number of carbonyl (C=O) groups is 2. The molecule has 0 bridgehead atoms. The summed E-state index contributed by atoms with van der Waals surface area (Å²) in [6, 6.07) is 25.5. The molecule has 3 aromatic carbocycles. The molecule has 5 nitrogen and oxygen atoms in total. The first-order valence-electron chi connectivity index (χ1n) is 9.91. The Hall–Kier alpha value is -3.99. The number of ether oxygens (including phenoxy) is 2. The Morgan fingerprint density at radius 2 is 1.61 bits per heavy atom. The lowest BCUT2D eigenvalue weighted by molar-refractivity contribution is 0.0320. The molecule has 0 saturated heterocycles. The lowest BCUT2D eigenvalue weighted by atomic mass is 10.0. The minimum absolute atomic E-state index is 0.297. The Bertz CT molecular complexity index is 1250. The Morgan fingerprint density at radius 1 is 0.871 bits per heavy atom. The summed E-state index contributed by atoms with van der Waals surface area (Å²) in [6.45, 7) is 1.57. The first-order chi connectivity index (χ1) is 15.1. The Kier molecular flexibility index (Phi) is 5.76. The molecule has 0 unspecified atom stereocenters. The van der Waals surface area contributed by atoms with Gasteiger partial charge in [-0.05, 0) is 31.2 Å². The van der Waals surface area contributed by atoms with Crippen molar-refractivity contribution in [3.8, 4) is 17.0 Å². The number of hydrogen-bond acceptors (Lipinski definition) is 5. The van der Waals surface area contributed by atoms with Gasteiger partial charge in [-0.25, -0.2) is 9.78 Å². The highest BCUT2D eigenvalue weighted by atomic mass is 16.5. The Morgan fingerprint density at radius 3 is 2.39 bits per heavy atom. The highest BCUT2D eigenvalue weighted by Crippen LogP contribution is 2.26. The van der Waals surface area contributed by atoms with Gasteiger partial charge >= 0.3 is 5.97 Å². The molecular formula is C26H21NO4. The lowest BCUT2D eigenvalue weighted by Gasteiger charge is -2.15. The summed E-state index contributed by atoms with van der Waals surface area (Å²) in [5.41, 5.74) is 3.03. The molecule has 1 atom stereocenters. The van der Waals surface area contributed by atoms with Gasteiger partial charge in [-0.2, -0.15) is 0 Å². The first kappa shape index (κ1) is 20.3. The first-order valence-corrected chi connectivity index (χ1v) is 9.91. The van der Waals surface area contributed by atoms with E-state index in [2.05, 4.69) is 4.98 Å². The standard InChI is InChI=1S/C26H21NO4/c1-17(25(28)19-11-8-12-20(15-19)30-2)31-26(29)22-16-24(18-9-4-3-5-10-18)27-23-14-7-6-13-21(22)23/h3-17H,1-2H3/t17-/m0/s1. The van der Waals surface area contributed by atoms with E-state index in [1.54, 1.807) is 37.3 Å². The summed E-state index contributed by atoms with van der Waals surface area (Å²) in [4.78, 5) is 30.6. The number of ketones is 1. The molecule has 0 spiro atoms. The van der Waals surface area contributed by atoms with Crippen molar-refractivity contribution in [2.45, 2.75) is 13.0 Å². The number of aromatic nitrogens is 1. The van der Waals surface area contributed by atoms with E-state index < -0.39 is 12.1 Å². The fourth-order valence-corrected chi connectivity index (χ4v) is 3.39. The molecule has 0 N–H and O–H groups in total. The van der Waals surface area contributed by atoms with Gasteiger partial charge in [-0.3, -0.25) is 4.79 Å². The molecule has 154 valence electrons. The van der Waals surface area contributed by atoms with Crippen molar-refractivity contribution in [2.24, 2.45) is 0 Å². The van der Waals surface area contributed by atoms with Crippen molar-refractivity contribution in [1.29, 1.82) is 0 Å². The summed E-state index contributed by atoms with van der Waals surface area (Å²) >= 11 is 0. The van der Waals surface area contributed by atoms with Crippen LogP contribution in [0.4, 0.5) is 0 Å². The lowest BCUT2D eigenvalue weighted by Crippen LogP contribution is -2.24. The average molecular weight is 411 g/mol. The third-order valence-corrected chi connectivity index (χ3v) is 5.01. The molecule has 0 saturated carbocycles. The predicted octanol–water partition coefficient (Wildman–Crippen LogP) is 5.34. The fourth-order valence-electron chi connectivity index (χ4n) is 3.39. The van der Waals surface area contributed by atoms with Gasteiger partial charge in [-0.1, -0.05) is 60.7 Å². The molecule has 0 radical (unpaired) electrons. The van der Waals surface area contributed by atoms with Crippen molar-refractivity contribution < 1.29 is 19.1 Å². The molecule has 0 amide bonds. The fraction of sp³-hybridized carbons (Fsp3) is 0.115. The molecule has 1 heterocycles. The van der Waals surface area contributed by atoms with Crippen LogP contribution in [-0.4, -0.2) is 30.0 Å².